The van der Waals surface area contributed by atoms with Crippen molar-refractivity contribution >= 4 is 5.97 Å². The van der Waals surface area contributed by atoms with Gasteiger partial charge in [0.15, 0.2) is 23.1 Å². The van der Waals surface area contributed by atoms with Gasteiger partial charge in [-0.15, -0.1) is 0 Å². The van der Waals surface area contributed by atoms with E-state index >= 15 is 0 Å². The standard InChI is InChI=1S/C48H73NO13/c1-25(15-40(51)52)9-10-34-18-33(50)22-44(56-34)11-12-47(62-44)31(7)17-35-36(59-47)19-38(55-35)43(53)48(54)32(8)16-28(4)41(61-48)29(5)21-45-20-26(2)14-37(57-45)42-39(58-45)23-46(60-42)30(6)13-27(3)24-49-46/h9-10,22,25-28,30-32,34-39,41-43,49-50,53-54H,5,11-21,23-24H2,1-4,6-8H3,(H,51,52)/t25-,26+,27-,28-,30+,31-,32+,34+,35-,36-,37-,38+,39-,41-,42-,43-,44+,45-,46+,47+,48+/m0/s1. The lowest BCUT2D eigenvalue weighted by molar-refractivity contribution is -0.367. The van der Waals surface area contributed by atoms with Gasteiger partial charge in [0.1, 0.15) is 17.9 Å². The maximum absolute atomic E-state index is 12.4. The molecule has 14 heteroatoms. The van der Waals surface area contributed by atoms with Crippen LogP contribution in [0.1, 0.15) is 126 Å². The minimum absolute atomic E-state index is 0.000762. The van der Waals surface area contributed by atoms with Crippen LogP contribution in [0.15, 0.2) is 36.1 Å². The zero-order valence-electron chi connectivity index (χ0n) is 37.8. The van der Waals surface area contributed by atoms with Gasteiger partial charge < -0.3 is 58.3 Å². The lowest BCUT2D eigenvalue weighted by Gasteiger charge is -2.53. The number of carboxylic acids is 1. The fourth-order valence-electron chi connectivity index (χ4n) is 13.1. The number of allylic oxidation sites excluding steroid dienone is 1. The number of aliphatic hydroxyl groups excluding tert-OH is 2. The van der Waals surface area contributed by atoms with Gasteiger partial charge in [0.2, 0.25) is 0 Å². The maximum atomic E-state index is 12.4. The Morgan fingerprint density at radius 2 is 1.66 bits per heavy atom. The fourth-order valence-corrected chi connectivity index (χ4v) is 13.1. The lowest BCUT2D eigenvalue weighted by Crippen LogP contribution is -2.62. The van der Waals surface area contributed by atoms with Crippen LogP contribution >= 0.6 is 0 Å². The van der Waals surface area contributed by atoms with Crippen molar-refractivity contribution in [3.8, 4) is 0 Å². The highest BCUT2D eigenvalue weighted by Gasteiger charge is 2.64. The molecule has 5 N–H and O–H groups in total. The molecule has 2 bridgehead atoms. The third kappa shape index (κ3) is 8.17. The molecule has 0 amide bonds. The molecule has 9 heterocycles. The summed E-state index contributed by atoms with van der Waals surface area (Å²) in [5, 5.41) is 48.3. The SMILES string of the molecule is C=C(C[C@@]12C[C@H](C)C[C@H](O1)[C@@H]1O[C@@]3(C[C@@H]1O2)NC[C@@H](C)C[C@H]3C)[C@H]1O[C@@](O)([C@@H](O)[C@H]2C[C@@H]3O[C@@]4(CC[C@]5(C=C(O)C[C@@H](C=C[C@H](C)CC(=O)O)O5)O4)[C@@H](C)C[C@@H]3O2)[C@H](C)C[C@@H]1C. The number of hydrogen-bond donors (Lipinski definition) is 5. The summed E-state index contributed by atoms with van der Waals surface area (Å²) < 4.78 is 54.0. The minimum atomic E-state index is -1.91. The van der Waals surface area contributed by atoms with Gasteiger partial charge in [0.25, 0.3) is 0 Å². The summed E-state index contributed by atoms with van der Waals surface area (Å²) >= 11 is 0. The number of fused-ring (bicyclic) bond motifs is 5. The number of ether oxygens (including phenoxy) is 8. The summed E-state index contributed by atoms with van der Waals surface area (Å²) in [6.45, 7) is 20.2. The van der Waals surface area contributed by atoms with Crippen LogP contribution in [-0.2, 0) is 42.7 Å². The van der Waals surface area contributed by atoms with Crippen LogP contribution in [0.2, 0.25) is 0 Å². The smallest absolute Gasteiger partial charge is 0.303 e. The number of hydrogen-bond acceptors (Lipinski definition) is 13. The number of rotatable bonds is 9. The molecule has 0 aromatic rings. The van der Waals surface area contributed by atoms with E-state index in [1.54, 1.807) is 18.2 Å². The van der Waals surface area contributed by atoms with E-state index in [-0.39, 0.29) is 60.8 Å². The molecule has 0 unspecified atom stereocenters. The molecule has 348 valence electrons. The lowest BCUT2D eigenvalue weighted by atomic mass is 9.76. The molecule has 9 aliphatic rings. The zero-order chi connectivity index (χ0) is 44.1. The number of nitrogens with one attached hydrogen (secondary N) is 1. The van der Waals surface area contributed by atoms with E-state index in [1.807, 2.05) is 13.8 Å². The summed E-state index contributed by atoms with van der Waals surface area (Å²) in [7, 11) is 0. The highest BCUT2D eigenvalue weighted by molar-refractivity contribution is 5.67. The monoisotopic (exact) mass is 872 g/mol. The Labute approximate surface area is 367 Å². The van der Waals surface area contributed by atoms with E-state index in [0.717, 1.165) is 37.8 Å². The molecule has 8 fully saturated rings. The van der Waals surface area contributed by atoms with Gasteiger partial charge in [0, 0.05) is 69.4 Å². The summed E-state index contributed by atoms with van der Waals surface area (Å²) in [6, 6.07) is 0. The predicted molar refractivity (Wildman–Crippen MR) is 225 cm³/mol. The summed E-state index contributed by atoms with van der Waals surface area (Å²) in [5.74, 6) is -5.12. The van der Waals surface area contributed by atoms with E-state index in [2.05, 4.69) is 46.5 Å². The molecule has 0 aromatic carbocycles. The van der Waals surface area contributed by atoms with Gasteiger partial charge in [-0.1, -0.05) is 67.2 Å². The van der Waals surface area contributed by atoms with Crippen LogP contribution in [0.3, 0.4) is 0 Å². The molecule has 0 aliphatic carbocycles. The van der Waals surface area contributed by atoms with Crippen molar-refractivity contribution in [1.82, 2.24) is 5.32 Å². The molecular weight excluding hydrogens is 799 g/mol. The summed E-state index contributed by atoms with van der Waals surface area (Å²) in [4.78, 5) is 11.2. The first kappa shape index (κ1) is 45.2. The van der Waals surface area contributed by atoms with Gasteiger partial charge >= 0.3 is 5.97 Å². The molecule has 14 nitrogen and oxygen atoms in total. The van der Waals surface area contributed by atoms with E-state index in [9.17, 15) is 25.2 Å². The van der Waals surface area contributed by atoms with Crippen LogP contribution in [0, 0.1) is 41.4 Å². The van der Waals surface area contributed by atoms with E-state index in [0.29, 0.717) is 56.3 Å². The Morgan fingerprint density at radius 1 is 0.887 bits per heavy atom. The predicted octanol–water partition coefficient (Wildman–Crippen LogP) is 6.39. The van der Waals surface area contributed by atoms with Gasteiger partial charge in [-0.2, -0.15) is 0 Å². The average Bonchev–Trinajstić information content (AvgIpc) is 3.87. The fraction of sp³-hybridized carbons (Fsp3) is 0.854. The Hall–Kier alpha value is -1.95. The third-order valence-corrected chi connectivity index (χ3v) is 16.2. The third-order valence-electron chi connectivity index (χ3n) is 16.2. The van der Waals surface area contributed by atoms with Gasteiger partial charge in [0.05, 0.1) is 54.9 Å². The van der Waals surface area contributed by atoms with E-state index < -0.39 is 71.3 Å². The van der Waals surface area contributed by atoms with Crippen LogP contribution in [0.4, 0.5) is 0 Å². The Kier molecular flexibility index (Phi) is 12.0. The molecule has 62 heavy (non-hydrogen) atoms. The van der Waals surface area contributed by atoms with Crippen molar-refractivity contribution in [3.63, 3.8) is 0 Å². The highest BCUT2D eigenvalue weighted by Crippen LogP contribution is 2.56. The Morgan fingerprint density at radius 3 is 2.42 bits per heavy atom. The van der Waals surface area contributed by atoms with E-state index in [4.69, 9.17) is 37.9 Å². The van der Waals surface area contributed by atoms with Crippen molar-refractivity contribution in [2.24, 2.45) is 41.4 Å². The highest BCUT2D eigenvalue weighted by atomic mass is 16.8. The molecule has 0 radical (unpaired) electrons. The first-order valence-corrected chi connectivity index (χ1v) is 23.8. The molecule has 0 aromatic heterocycles. The quantitative estimate of drug-likeness (QED) is 0.161. The molecule has 21 atom stereocenters. The Balaban J connectivity index is 0.852. The molecule has 9 aliphatic heterocycles. The average molecular weight is 872 g/mol. The molecular formula is C48H73NO13. The molecule has 8 saturated heterocycles. The molecule has 9 rings (SSSR count). The normalized spacial score (nSPS) is 52.2. The summed E-state index contributed by atoms with van der Waals surface area (Å²) in [5.41, 5.74) is 0.361. The summed E-state index contributed by atoms with van der Waals surface area (Å²) in [6.07, 6.45) is 7.67. The number of piperidine rings is 1. The first-order valence-electron chi connectivity index (χ1n) is 23.8. The van der Waals surface area contributed by atoms with Crippen molar-refractivity contribution in [2.45, 2.75) is 209 Å². The van der Waals surface area contributed by atoms with Gasteiger partial charge in [-0.25, -0.2) is 0 Å². The first-order chi connectivity index (χ1) is 29.2. The van der Waals surface area contributed by atoms with Crippen LogP contribution < -0.4 is 5.32 Å². The second-order valence-electron chi connectivity index (χ2n) is 21.7. The van der Waals surface area contributed by atoms with Gasteiger partial charge in [-0.3, -0.25) is 10.1 Å². The number of carbonyl (C=O) groups is 1. The van der Waals surface area contributed by atoms with Crippen LogP contribution in [-0.4, -0.2) is 117 Å². The van der Waals surface area contributed by atoms with Crippen molar-refractivity contribution in [2.75, 3.05) is 6.54 Å². The number of aliphatic hydroxyl groups is 3. The number of aliphatic carboxylic acids is 1. The second-order valence-corrected chi connectivity index (χ2v) is 21.7. The van der Waals surface area contributed by atoms with Crippen molar-refractivity contribution in [3.05, 3.63) is 36.1 Å². The van der Waals surface area contributed by atoms with Crippen LogP contribution in [0.5, 0.6) is 0 Å². The number of carboxylic acid groups (broad SMARTS) is 1. The van der Waals surface area contributed by atoms with Crippen molar-refractivity contribution < 1.29 is 63.1 Å². The molecule has 3 spiro atoms. The van der Waals surface area contributed by atoms with E-state index in [1.165, 1.54) is 0 Å². The molecule has 0 saturated carbocycles. The maximum Gasteiger partial charge on any atom is 0.303 e. The topological polar surface area (TPSA) is 184 Å². The largest absolute Gasteiger partial charge is 0.512 e. The second kappa shape index (κ2) is 16.4. The zero-order valence-corrected chi connectivity index (χ0v) is 37.8. The van der Waals surface area contributed by atoms with Crippen LogP contribution in [0.25, 0.3) is 0 Å². The Bertz CT molecular complexity index is 1780. The minimum Gasteiger partial charge on any atom is -0.512 e. The van der Waals surface area contributed by atoms with Gasteiger partial charge in [-0.05, 0) is 60.8 Å². The van der Waals surface area contributed by atoms with Crippen molar-refractivity contribution in [1.29, 1.82) is 0 Å².